The molecule has 1 fully saturated rings. The van der Waals surface area contributed by atoms with Crippen molar-refractivity contribution in [2.75, 3.05) is 11.5 Å². The number of thioether (sulfide) groups is 1. The summed E-state index contributed by atoms with van der Waals surface area (Å²) in [6.07, 6.45) is 0.880. The van der Waals surface area contributed by atoms with Crippen LogP contribution in [-0.2, 0) is 30.7 Å². The molecule has 2 aliphatic heterocycles. The van der Waals surface area contributed by atoms with Crippen molar-refractivity contribution in [3.63, 3.8) is 0 Å². The van der Waals surface area contributed by atoms with Gasteiger partial charge in [-0.2, -0.15) is 8.42 Å². The van der Waals surface area contributed by atoms with Gasteiger partial charge in [0, 0.05) is 29.8 Å². The fraction of sp³-hybridized carbons (Fsp3) is 0.533. The molecule has 13 heteroatoms. The van der Waals surface area contributed by atoms with Crippen LogP contribution in [0.3, 0.4) is 0 Å². The third-order valence-corrected chi connectivity index (χ3v) is 6.40. The minimum absolute atomic E-state index is 0.0860. The highest BCUT2D eigenvalue weighted by Crippen LogP contribution is 2.47. The number of fused-ring (bicyclic) bond motifs is 1. The number of amides is 1. The molecule has 1 aromatic rings. The van der Waals surface area contributed by atoms with Crippen molar-refractivity contribution in [1.82, 2.24) is 14.5 Å². The molecule has 0 radical (unpaired) electrons. The minimum atomic E-state index is -4.71. The second-order valence-electron chi connectivity index (χ2n) is 6.57. The predicted molar refractivity (Wildman–Crippen MR) is 99.3 cm³/mol. The van der Waals surface area contributed by atoms with Crippen molar-refractivity contribution in [2.24, 2.45) is 5.92 Å². The zero-order chi connectivity index (χ0) is 20.8. The van der Waals surface area contributed by atoms with E-state index in [1.807, 2.05) is 11.5 Å². The highest BCUT2D eigenvalue weighted by atomic mass is 32.3. The number of nitrogens with zero attached hydrogens (tertiary/aromatic N) is 3. The molecular formula is C15H20N4O7S2. The van der Waals surface area contributed by atoms with E-state index in [0.29, 0.717) is 23.0 Å². The summed E-state index contributed by atoms with van der Waals surface area (Å²) < 4.78 is 37.0. The van der Waals surface area contributed by atoms with Gasteiger partial charge in [-0.3, -0.25) is 9.35 Å². The number of carboxylic acid groups (broad SMARTS) is 1. The van der Waals surface area contributed by atoms with E-state index in [4.69, 9.17) is 10.3 Å². The average Bonchev–Trinajstić information content (AvgIpc) is 3.03. The Labute approximate surface area is 165 Å². The molecule has 3 heterocycles. The van der Waals surface area contributed by atoms with Gasteiger partial charge in [0.2, 0.25) is 5.91 Å². The van der Waals surface area contributed by atoms with Gasteiger partial charge < -0.3 is 20.3 Å². The third kappa shape index (κ3) is 3.87. The number of hydrogen-bond donors (Lipinski definition) is 3. The number of carbonyl (C=O) groups excluding carboxylic acids is 1. The Morgan fingerprint density at radius 3 is 2.75 bits per heavy atom. The smallest absolute Gasteiger partial charge is 0.397 e. The van der Waals surface area contributed by atoms with Crippen molar-refractivity contribution < 1.29 is 31.8 Å². The quantitative estimate of drug-likeness (QED) is 0.383. The summed E-state index contributed by atoms with van der Waals surface area (Å²) in [7, 11) is -4.71. The van der Waals surface area contributed by atoms with Gasteiger partial charge >= 0.3 is 16.4 Å². The van der Waals surface area contributed by atoms with Crippen molar-refractivity contribution in [1.29, 1.82) is 0 Å². The molecule has 154 valence electrons. The maximum Gasteiger partial charge on any atom is 0.397 e. The van der Waals surface area contributed by atoms with Gasteiger partial charge in [-0.1, -0.05) is 0 Å². The second-order valence-corrected chi connectivity index (χ2v) is 8.80. The molecule has 0 bridgehead atoms. The van der Waals surface area contributed by atoms with Gasteiger partial charge in [-0.05, 0) is 13.8 Å². The third-order valence-electron chi connectivity index (χ3n) is 4.75. The normalized spacial score (nSPS) is 23.0. The number of aliphatic carboxylic acids is 1. The van der Waals surface area contributed by atoms with E-state index in [2.05, 4.69) is 9.17 Å². The van der Waals surface area contributed by atoms with Crippen LogP contribution >= 0.6 is 11.8 Å². The lowest BCUT2D eigenvalue weighted by Crippen LogP contribution is -2.62. The first-order valence-corrected chi connectivity index (χ1v) is 10.7. The summed E-state index contributed by atoms with van der Waals surface area (Å²) in [5.41, 5.74) is 5.55. The van der Waals surface area contributed by atoms with Crippen molar-refractivity contribution >= 4 is 39.9 Å². The Bertz CT molecular complexity index is 956. The molecule has 3 atom stereocenters. The van der Waals surface area contributed by atoms with Crippen LogP contribution in [-0.4, -0.2) is 62.3 Å². The van der Waals surface area contributed by atoms with Crippen LogP contribution in [0.5, 0.6) is 0 Å². The first-order valence-electron chi connectivity index (χ1n) is 8.37. The maximum absolute atomic E-state index is 12.4. The van der Waals surface area contributed by atoms with Crippen LogP contribution in [0.4, 0.5) is 5.82 Å². The molecule has 3 unspecified atom stereocenters. The summed E-state index contributed by atoms with van der Waals surface area (Å²) in [6.45, 7) is 3.72. The molecule has 0 saturated carbocycles. The topological polar surface area (TPSA) is 165 Å². The summed E-state index contributed by atoms with van der Waals surface area (Å²) >= 11 is 1.32. The van der Waals surface area contributed by atoms with E-state index in [9.17, 15) is 23.1 Å². The van der Waals surface area contributed by atoms with Gasteiger partial charge in [0.05, 0.1) is 18.1 Å². The van der Waals surface area contributed by atoms with Gasteiger partial charge in [-0.15, -0.1) is 11.8 Å². The number of imidazole rings is 1. The zero-order valence-corrected chi connectivity index (χ0v) is 16.7. The summed E-state index contributed by atoms with van der Waals surface area (Å²) in [6, 6.07) is -0.511. The van der Waals surface area contributed by atoms with E-state index in [0.717, 1.165) is 5.82 Å². The number of anilines is 1. The van der Waals surface area contributed by atoms with Gasteiger partial charge in [-0.25, -0.2) is 14.0 Å². The molecule has 4 N–H and O–H groups in total. The Kier molecular flexibility index (Phi) is 5.44. The number of rotatable bonds is 8. The minimum Gasteiger partial charge on any atom is -0.477 e. The lowest BCUT2D eigenvalue weighted by atomic mass is 9.83. The van der Waals surface area contributed by atoms with Gasteiger partial charge in [0.15, 0.2) is 0 Å². The van der Waals surface area contributed by atoms with E-state index >= 15 is 0 Å². The van der Waals surface area contributed by atoms with Crippen LogP contribution in [0.1, 0.15) is 19.2 Å². The van der Waals surface area contributed by atoms with Crippen LogP contribution in [0.25, 0.3) is 0 Å². The van der Waals surface area contributed by atoms with E-state index in [1.165, 1.54) is 23.6 Å². The molecule has 2 aliphatic rings. The zero-order valence-electron chi connectivity index (χ0n) is 15.1. The van der Waals surface area contributed by atoms with Crippen LogP contribution < -0.4 is 5.73 Å². The summed E-state index contributed by atoms with van der Waals surface area (Å²) in [5.74, 6) is -0.911. The van der Waals surface area contributed by atoms with Crippen molar-refractivity contribution in [3.05, 3.63) is 22.6 Å². The molecule has 3 rings (SSSR count). The van der Waals surface area contributed by atoms with E-state index < -0.39 is 40.3 Å². The second kappa shape index (κ2) is 7.39. The lowest BCUT2D eigenvalue weighted by Gasteiger charge is -2.45. The highest BCUT2D eigenvalue weighted by molar-refractivity contribution is 8.03. The predicted octanol–water partition coefficient (Wildman–Crippen LogP) is 0.242. The fourth-order valence-corrected chi connectivity index (χ4v) is 5.27. The summed E-state index contributed by atoms with van der Waals surface area (Å²) in [5, 5.41) is 9.53. The lowest BCUT2D eigenvalue weighted by molar-refractivity contribution is -0.160. The number of aromatic nitrogens is 2. The molecule has 1 aromatic heterocycles. The molecule has 1 saturated heterocycles. The standard InChI is InChI=1S/C15H20N4O7S2/c1-7(26-28(23,24)25)12-9-5-10(13(15(21)22)19(9)14(12)20)27-4-3-18-6-11(16)17-8(18)2/h6-7,9,12H,3-5,16H2,1-2H3,(H,21,22)(H,23,24,25). The number of carboxylic acids is 1. The number of nitrogen functional groups attached to an aromatic ring is 1. The number of β-lactam (4-membered cyclic amide) rings is 1. The summed E-state index contributed by atoms with van der Waals surface area (Å²) in [4.78, 5) is 29.9. The van der Waals surface area contributed by atoms with Crippen molar-refractivity contribution in [3.8, 4) is 0 Å². The molecule has 0 aromatic carbocycles. The largest absolute Gasteiger partial charge is 0.477 e. The number of aryl methyl sites for hydroxylation is 2. The molecule has 0 spiro atoms. The maximum atomic E-state index is 12.4. The number of hydrogen-bond acceptors (Lipinski definition) is 8. The molecule has 0 aliphatic carbocycles. The van der Waals surface area contributed by atoms with Crippen molar-refractivity contribution in [2.45, 2.75) is 39.0 Å². The average molecular weight is 432 g/mol. The Balaban J connectivity index is 1.69. The first-order chi connectivity index (χ1) is 13.0. The van der Waals surface area contributed by atoms with E-state index in [-0.39, 0.29) is 12.1 Å². The Morgan fingerprint density at radius 1 is 1.54 bits per heavy atom. The van der Waals surface area contributed by atoms with E-state index in [1.54, 1.807) is 6.20 Å². The number of carbonyl (C=O) groups is 2. The molecule has 1 amide bonds. The number of nitrogens with two attached hydrogens (primary N) is 1. The molecule has 28 heavy (non-hydrogen) atoms. The van der Waals surface area contributed by atoms with Gasteiger partial charge in [0.1, 0.15) is 17.3 Å². The Hall–Kier alpha value is -2.09. The van der Waals surface area contributed by atoms with Crippen LogP contribution in [0.2, 0.25) is 0 Å². The SMILES string of the molecule is Cc1nc(N)cn1CCSC1=C(C(=O)O)N2C(=O)C(C(C)OS(=O)(=O)O)C2C1. The first kappa shape index (κ1) is 20.6. The molecule has 11 nitrogen and oxygen atoms in total. The fourth-order valence-electron chi connectivity index (χ4n) is 3.62. The molecular weight excluding hydrogens is 412 g/mol. The monoisotopic (exact) mass is 432 g/mol. The highest BCUT2D eigenvalue weighted by Gasteiger charge is 2.57. The van der Waals surface area contributed by atoms with Crippen LogP contribution in [0.15, 0.2) is 16.8 Å². The Morgan fingerprint density at radius 2 is 2.21 bits per heavy atom. The van der Waals surface area contributed by atoms with Crippen LogP contribution in [0, 0.1) is 12.8 Å². The van der Waals surface area contributed by atoms with Gasteiger partial charge in [0.25, 0.3) is 0 Å².